The molecule has 0 unspecified atom stereocenters. The zero-order valence-corrected chi connectivity index (χ0v) is 7.85. The summed E-state index contributed by atoms with van der Waals surface area (Å²) < 4.78 is 31.2. The van der Waals surface area contributed by atoms with E-state index < -0.39 is 16.0 Å². The molecule has 0 atom stereocenters. The van der Waals surface area contributed by atoms with E-state index in [4.69, 9.17) is 4.55 Å². The van der Waals surface area contributed by atoms with Crippen molar-refractivity contribution >= 4 is 10.1 Å². The number of rotatable bonds is 2. The zero-order valence-electron chi connectivity index (χ0n) is 7.03. The predicted octanol–water partition coefficient (Wildman–Crippen LogP) is 0.228. The lowest BCUT2D eigenvalue weighted by Crippen LogP contribution is -2.12. The molecule has 0 aliphatic carbocycles. The van der Waals surface area contributed by atoms with Crippen LogP contribution in [0.4, 0.5) is 0 Å². The van der Waals surface area contributed by atoms with Crippen molar-refractivity contribution in [1.82, 2.24) is 14.5 Å². The van der Waals surface area contributed by atoms with Gasteiger partial charge in [-0.05, 0) is 6.07 Å². The highest BCUT2D eigenvalue weighted by molar-refractivity contribution is 7.84. The van der Waals surface area contributed by atoms with Crippen molar-refractivity contribution in [3.05, 3.63) is 24.8 Å². The summed E-state index contributed by atoms with van der Waals surface area (Å²) in [5.41, 5.74) is 0.733. The first-order valence-corrected chi connectivity index (χ1v) is 5.37. The van der Waals surface area contributed by atoms with E-state index >= 15 is 0 Å². The van der Waals surface area contributed by atoms with E-state index in [0.29, 0.717) is 5.82 Å². The van der Waals surface area contributed by atoms with Gasteiger partial charge < -0.3 is 0 Å². The molecule has 0 amide bonds. The largest absolute Gasteiger partial charge is 0.299 e. The SMILES string of the molecule is O=S(=O)(O)Cn1cncc2ccnc1-2. The first kappa shape index (κ1) is 9.10. The van der Waals surface area contributed by atoms with Crippen LogP contribution in [0.2, 0.25) is 0 Å². The van der Waals surface area contributed by atoms with Gasteiger partial charge in [0, 0.05) is 18.0 Å². The van der Waals surface area contributed by atoms with Gasteiger partial charge in [0.05, 0.1) is 6.33 Å². The van der Waals surface area contributed by atoms with Crippen molar-refractivity contribution in [3.63, 3.8) is 0 Å². The molecule has 1 N–H and O–H groups in total. The Morgan fingerprint density at radius 1 is 1.50 bits per heavy atom. The summed E-state index contributed by atoms with van der Waals surface area (Å²) in [6.45, 7) is 0. The molecular formula is C7H7N3O3S. The van der Waals surface area contributed by atoms with Crippen molar-refractivity contribution in [3.8, 4) is 11.4 Å². The smallest absolute Gasteiger partial charge is 0.283 e. The molecule has 0 saturated heterocycles. The molecule has 2 aliphatic heterocycles. The molecule has 0 aromatic carbocycles. The van der Waals surface area contributed by atoms with Crippen LogP contribution >= 0.6 is 0 Å². The van der Waals surface area contributed by atoms with Gasteiger partial charge in [-0.2, -0.15) is 8.42 Å². The molecule has 0 spiro atoms. The monoisotopic (exact) mass is 213 g/mol. The van der Waals surface area contributed by atoms with Crippen LogP contribution in [-0.4, -0.2) is 27.5 Å². The molecule has 14 heavy (non-hydrogen) atoms. The highest BCUT2D eigenvalue weighted by Gasteiger charge is 2.12. The third-order valence-electron chi connectivity index (χ3n) is 1.70. The Morgan fingerprint density at radius 3 is 3.00 bits per heavy atom. The molecule has 0 fully saturated rings. The molecule has 6 nitrogen and oxygen atoms in total. The van der Waals surface area contributed by atoms with Gasteiger partial charge in [-0.15, -0.1) is 0 Å². The number of aromatic nitrogens is 3. The Kier molecular flexibility index (Phi) is 1.97. The molecule has 74 valence electrons. The maximum atomic E-state index is 10.6. The number of hydrogen-bond acceptors (Lipinski definition) is 4. The van der Waals surface area contributed by atoms with E-state index in [0.717, 1.165) is 5.56 Å². The minimum atomic E-state index is -4.06. The Morgan fingerprint density at radius 2 is 2.29 bits per heavy atom. The molecule has 2 heterocycles. The summed E-state index contributed by atoms with van der Waals surface area (Å²) in [7, 11) is -4.06. The summed E-state index contributed by atoms with van der Waals surface area (Å²) in [5.74, 6) is -0.0495. The Hall–Kier alpha value is -1.47. The maximum Gasteiger partial charge on any atom is 0.283 e. The van der Waals surface area contributed by atoms with Gasteiger partial charge in [0.2, 0.25) is 0 Å². The summed E-state index contributed by atoms with van der Waals surface area (Å²) in [4.78, 5) is 7.77. The van der Waals surface area contributed by atoms with Gasteiger partial charge in [-0.3, -0.25) is 9.12 Å². The number of nitrogens with zero attached hydrogens (tertiary/aromatic N) is 3. The van der Waals surface area contributed by atoms with Crippen molar-refractivity contribution in [2.24, 2.45) is 0 Å². The van der Waals surface area contributed by atoms with Gasteiger partial charge in [0.15, 0.2) is 5.88 Å². The minimum absolute atomic E-state index is 0.484. The number of fused-ring (bicyclic) bond motifs is 1. The van der Waals surface area contributed by atoms with Gasteiger partial charge in [0.25, 0.3) is 10.1 Å². The molecule has 0 radical (unpaired) electrons. The van der Waals surface area contributed by atoms with E-state index in [2.05, 4.69) is 9.97 Å². The van der Waals surface area contributed by atoms with Crippen LogP contribution in [0.3, 0.4) is 0 Å². The standard InChI is InChI=1S/C7H7N3O3S/c11-14(12,13)5-10-4-8-3-6-1-2-9-7(6)10/h1-4H,5H2,(H,11,12,13). The second-order valence-corrected chi connectivity index (χ2v) is 4.22. The van der Waals surface area contributed by atoms with Crippen LogP contribution in [0, 0.1) is 0 Å². The topological polar surface area (TPSA) is 85.1 Å². The van der Waals surface area contributed by atoms with Crippen LogP contribution in [0.1, 0.15) is 0 Å². The lowest BCUT2D eigenvalue weighted by molar-refractivity contribution is 0.471. The second kappa shape index (κ2) is 3.03. The van der Waals surface area contributed by atoms with Gasteiger partial charge in [0.1, 0.15) is 5.82 Å². The average molecular weight is 213 g/mol. The van der Waals surface area contributed by atoms with E-state index in [-0.39, 0.29) is 0 Å². The third-order valence-corrected chi connectivity index (χ3v) is 2.31. The predicted molar refractivity (Wildman–Crippen MR) is 48.2 cm³/mol. The first-order valence-electron chi connectivity index (χ1n) is 3.76. The van der Waals surface area contributed by atoms with Gasteiger partial charge in [-0.1, -0.05) is 0 Å². The molecule has 0 aromatic heterocycles. The first-order chi connectivity index (χ1) is 6.56. The summed E-state index contributed by atoms with van der Waals surface area (Å²) in [5, 5.41) is 0. The van der Waals surface area contributed by atoms with Crippen LogP contribution < -0.4 is 0 Å². The average Bonchev–Trinajstić information content (AvgIpc) is 2.49. The van der Waals surface area contributed by atoms with Crippen molar-refractivity contribution in [2.45, 2.75) is 5.88 Å². The van der Waals surface area contributed by atoms with Crippen molar-refractivity contribution in [2.75, 3.05) is 0 Å². The van der Waals surface area contributed by atoms with Crippen LogP contribution in [0.5, 0.6) is 0 Å². The third kappa shape index (κ3) is 1.73. The minimum Gasteiger partial charge on any atom is -0.299 e. The molecule has 7 heteroatoms. The van der Waals surface area contributed by atoms with Crippen LogP contribution in [-0.2, 0) is 16.0 Å². The van der Waals surface area contributed by atoms with E-state index in [9.17, 15) is 8.42 Å². The van der Waals surface area contributed by atoms with E-state index in [1.807, 2.05) is 0 Å². The highest BCUT2D eigenvalue weighted by Crippen LogP contribution is 2.17. The lowest BCUT2D eigenvalue weighted by atomic mass is 10.3. The summed E-state index contributed by atoms with van der Waals surface area (Å²) >= 11 is 0. The molecule has 0 bridgehead atoms. The molecule has 0 saturated carbocycles. The quantitative estimate of drug-likeness (QED) is 0.721. The van der Waals surface area contributed by atoms with E-state index in [1.165, 1.54) is 10.9 Å². The van der Waals surface area contributed by atoms with Crippen LogP contribution in [0.15, 0.2) is 24.8 Å². The highest BCUT2D eigenvalue weighted by atomic mass is 32.2. The lowest BCUT2D eigenvalue weighted by Gasteiger charge is -2.07. The Bertz CT molecular complexity index is 519. The molecule has 2 rings (SSSR count). The number of hydrogen-bond donors (Lipinski definition) is 1. The molecule has 2 aliphatic rings. The summed E-state index contributed by atoms with van der Waals surface area (Å²) in [6, 6.07) is 1.71. The fourth-order valence-corrected chi connectivity index (χ4v) is 1.74. The van der Waals surface area contributed by atoms with Crippen molar-refractivity contribution < 1.29 is 13.0 Å². The zero-order chi connectivity index (χ0) is 10.2. The molecular weight excluding hydrogens is 206 g/mol. The van der Waals surface area contributed by atoms with Crippen LogP contribution in [0.25, 0.3) is 11.4 Å². The molecule has 0 aromatic rings. The van der Waals surface area contributed by atoms with Crippen molar-refractivity contribution in [1.29, 1.82) is 0 Å². The Balaban J connectivity index is 2.49. The second-order valence-electron chi connectivity index (χ2n) is 2.80. The Labute approximate surface area is 80.3 Å². The normalized spacial score (nSPS) is 12.1. The fourth-order valence-electron chi connectivity index (χ4n) is 1.20. The van der Waals surface area contributed by atoms with Gasteiger partial charge >= 0.3 is 0 Å². The van der Waals surface area contributed by atoms with Gasteiger partial charge in [-0.25, -0.2) is 9.97 Å². The summed E-state index contributed by atoms with van der Waals surface area (Å²) in [6.07, 6.45) is 4.43. The fraction of sp³-hybridized carbons (Fsp3) is 0.143. The maximum absolute atomic E-state index is 10.6. The van der Waals surface area contributed by atoms with E-state index in [1.54, 1.807) is 18.5 Å².